The molecule has 2 amide bonds. The molecule has 1 heterocycles. The summed E-state index contributed by atoms with van der Waals surface area (Å²) in [5.41, 5.74) is 2.44. The molecule has 1 aliphatic rings. The fourth-order valence-corrected chi connectivity index (χ4v) is 3.99. The highest BCUT2D eigenvalue weighted by Gasteiger charge is 2.54. The maximum absolute atomic E-state index is 12.9. The standard InChI is InChI=1S/C27H37BN2O4/c1-18(2)15-23(28-33-26(4,5)27(6,7)34-28)30-24(31)17-29-25(32)22-16-21(14-13-19(22)3)20-11-9-8-10-12-20/h8-14,16,18,23H,15,17H2,1-7H3,(H,29,32)(H,30,31). The number of carbonyl (C=O) groups is 2. The van der Waals surface area contributed by atoms with Crippen molar-refractivity contribution >= 4 is 18.9 Å². The average Bonchev–Trinajstić information content (AvgIpc) is 2.99. The lowest BCUT2D eigenvalue weighted by Gasteiger charge is -2.32. The van der Waals surface area contributed by atoms with Crippen molar-refractivity contribution in [1.82, 2.24) is 10.6 Å². The zero-order valence-corrected chi connectivity index (χ0v) is 21.4. The molecule has 1 atom stereocenters. The van der Waals surface area contributed by atoms with Crippen LogP contribution in [0.2, 0.25) is 0 Å². The first-order chi connectivity index (χ1) is 15.9. The van der Waals surface area contributed by atoms with Gasteiger partial charge in [0.25, 0.3) is 5.91 Å². The lowest BCUT2D eigenvalue weighted by molar-refractivity contribution is -0.120. The van der Waals surface area contributed by atoms with Crippen LogP contribution in [0.4, 0.5) is 0 Å². The summed E-state index contributed by atoms with van der Waals surface area (Å²) in [4.78, 5) is 25.7. The van der Waals surface area contributed by atoms with Gasteiger partial charge < -0.3 is 19.9 Å². The molecule has 0 aliphatic carbocycles. The molecule has 0 saturated carbocycles. The topological polar surface area (TPSA) is 76.7 Å². The number of hydrogen-bond acceptors (Lipinski definition) is 4. The molecule has 34 heavy (non-hydrogen) atoms. The normalized spacial score (nSPS) is 17.5. The molecule has 1 fully saturated rings. The van der Waals surface area contributed by atoms with Crippen LogP contribution >= 0.6 is 0 Å². The van der Waals surface area contributed by atoms with E-state index in [1.165, 1.54) is 0 Å². The van der Waals surface area contributed by atoms with Gasteiger partial charge in [-0.1, -0.05) is 56.3 Å². The van der Waals surface area contributed by atoms with Gasteiger partial charge in [-0.15, -0.1) is 0 Å². The van der Waals surface area contributed by atoms with Crippen LogP contribution in [0.15, 0.2) is 48.5 Å². The number of rotatable bonds is 8. The largest absolute Gasteiger partial charge is 0.481 e. The van der Waals surface area contributed by atoms with Crippen LogP contribution in [0.1, 0.15) is 63.9 Å². The van der Waals surface area contributed by atoms with Crippen LogP contribution in [0.25, 0.3) is 11.1 Å². The number of aryl methyl sites for hydroxylation is 1. The van der Waals surface area contributed by atoms with Gasteiger partial charge in [-0.2, -0.15) is 0 Å². The molecule has 0 radical (unpaired) electrons. The molecule has 1 unspecified atom stereocenters. The summed E-state index contributed by atoms with van der Waals surface area (Å²) in [6, 6.07) is 15.7. The molecule has 0 bridgehead atoms. The minimum absolute atomic E-state index is 0.123. The van der Waals surface area contributed by atoms with Crippen LogP contribution in [-0.2, 0) is 14.1 Å². The molecule has 6 nitrogen and oxygen atoms in total. The third kappa shape index (κ3) is 6.07. The molecule has 3 rings (SSSR count). The molecule has 182 valence electrons. The van der Waals surface area contributed by atoms with Gasteiger partial charge in [0.15, 0.2) is 0 Å². The molecule has 2 N–H and O–H groups in total. The number of carbonyl (C=O) groups excluding carboxylic acids is 2. The minimum Gasteiger partial charge on any atom is -0.402 e. The summed E-state index contributed by atoms with van der Waals surface area (Å²) >= 11 is 0. The first-order valence-corrected chi connectivity index (χ1v) is 12.0. The van der Waals surface area contributed by atoms with Crippen LogP contribution in [0.5, 0.6) is 0 Å². The van der Waals surface area contributed by atoms with Crippen molar-refractivity contribution in [3.05, 3.63) is 59.7 Å². The Balaban J connectivity index is 1.65. The summed E-state index contributed by atoms with van der Waals surface area (Å²) < 4.78 is 12.3. The quantitative estimate of drug-likeness (QED) is 0.562. The van der Waals surface area contributed by atoms with Crippen molar-refractivity contribution in [3.63, 3.8) is 0 Å². The van der Waals surface area contributed by atoms with Gasteiger partial charge >= 0.3 is 7.12 Å². The molecule has 0 spiro atoms. The first kappa shape index (κ1) is 26.0. The van der Waals surface area contributed by atoms with E-state index in [2.05, 4.69) is 24.5 Å². The van der Waals surface area contributed by atoms with E-state index in [1.54, 1.807) is 0 Å². The third-order valence-electron chi connectivity index (χ3n) is 6.67. The molecule has 0 aromatic heterocycles. The summed E-state index contributed by atoms with van der Waals surface area (Å²) in [6.07, 6.45) is 0.703. The van der Waals surface area contributed by atoms with Gasteiger partial charge in [0.2, 0.25) is 5.91 Å². The van der Waals surface area contributed by atoms with Crippen molar-refractivity contribution in [3.8, 4) is 11.1 Å². The Bertz CT molecular complexity index is 1000. The van der Waals surface area contributed by atoms with E-state index >= 15 is 0 Å². The second-order valence-corrected chi connectivity index (χ2v) is 10.5. The van der Waals surface area contributed by atoms with Crippen LogP contribution in [-0.4, -0.2) is 42.6 Å². The predicted molar refractivity (Wildman–Crippen MR) is 136 cm³/mol. The maximum atomic E-state index is 12.9. The van der Waals surface area contributed by atoms with Crippen molar-refractivity contribution in [2.24, 2.45) is 5.92 Å². The van der Waals surface area contributed by atoms with E-state index in [0.717, 1.165) is 16.7 Å². The highest BCUT2D eigenvalue weighted by atomic mass is 16.7. The van der Waals surface area contributed by atoms with E-state index in [1.807, 2.05) is 83.1 Å². The fourth-order valence-electron chi connectivity index (χ4n) is 3.99. The van der Waals surface area contributed by atoms with Crippen molar-refractivity contribution in [2.45, 2.75) is 72.0 Å². The molecule has 2 aromatic rings. The monoisotopic (exact) mass is 464 g/mol. The Morgan fingerprint density at radius 1 is 0.941 bits per heavy atom. The smallest absolute Gasteiger partial charge is 0.402 e. The van der Waals surface area contributed by atoms with Gasteiger partial charge in [-0.25, -0.2) is 0 Å². The van der Waals surface area contributed by atoms with E-state index in [0.29, 0.717) is 17.9 Å². The van der Waals surface area contributed by atoms with Gasteiger partial charge in [-0.3, -0.25) is 9.59 Å². The Morgan fingerprint density at radius 2 is 1.56 bits per heavy atom. The fraction of sp³-hybridized carbons (Fsp3) is 0.481. The van der Waals surface area contributed by atoms with Gasteiger partial charge in [-0.05, 0) is 69.7 Å². The SMILES string of the molecule is Cc1ccc(-c2ccccc2)cc1C(=O)NCC(=O)NC(CC(C)C)B1OC(C)(C)C(C)(C)O1. The van der Waals surface area contributed by atoms with Crippen LogP contribution in [0, 0.1) is 12.8 Å². The third-order valence-corrected chi connectivity index (χ3v) is 6.67. The van der Waals surface area contributed by atoms with E-state index in [9.17, 15) is 9.59 Å². The van der Waals surface area contributed by atoms with E-state index in [4.69, 9.17) is 9.31 Å². The summed E-state index contributed by atoms with van der Waals surface area (Å²) in [6.45, 7) is 13.9. The Morgan fingerprint density at radius 3 is 2.15 bits per heavy atom. The average molecular weight is 464 g/mol. The molecule has 2 aromatic carbocycles. The van der Waals surface area contributed by atoms with Crippen molar-refractivity contribution in [2.75, 3.05) is 6.54 Å². The summed E-state index contributed by atoms with van der Waals surface area (Å²) in [7, 11) is -0.545. The predicted octanol–water partition coefficient (Wildman–Crippen LogP) is 4.55. The first-order valence-electron chi connectivity index (χ1n) is 12.0. The molecule has 7 heteroatoms. The van der Waals surface area contributed by atoms with Crippen LogP contribution < -0.4 is 10.6 Å². The zero-order valence-electron chi connectivity index (χ0n) is 21.4. The Hall–Kier alpha value is -2.64. The lowest BCUT2D eigenvalue weighted by atomic mass is 9.74. The second kappa shape index (κ2) is 10.3. The van der Waals surface area contributed by atoms with Gasteiger partial charge in [0, 0.05) is 5.56 Å². The molecular weight excluding hydrogens is 427 g/mol. The molecule has 1 saturated heterocycles. The Kier molecular flexibility index (Phi) is 7.89. The van der Waals surface area contributed by atoms with E-state index in [-0.39, 0.29) is 24.3 Å². The second-order valence-electron chi connectivity index (χ2n) is 10.5. The highest BCUT2D eigenvalue weighted by Crippen LogP contribution is 2.38. The van der Waals surface area contributed by atoms with Crippen molar-refractivity contribution in [1.29, 1.82) is 0 Å². The van der Waals surface area contributed by atoms with E-state index < -0.39 is 18.3 Å². The number of amides is 2. The number of nitrogens with one attached hydrogen (secondary N) is 2. The zero-order chi connectivity index (χ0) is 25.1. The van der Waals surface area contributed by atoms with Gasteiger partial charge in [0.1, 0.15) is 0 Å². The van der Waals surface area contributed by atoms with Gasteiger partial charge in [0.05, 0.1) is 23.7 Å². The molecule has 1 aliphatic heterocycles. The number of hydrogen-bond donors (Lipinski definition) is 2. The van der Waals surface area contributed by atoms with Crippen molar-refractivity contribution < 1.29 is 18.9 Å². The lowest BCUT2D eigenvalue weighted by Crippen LogP contribution is -2.51. The number of benzene rings is 2. The Labute approximate surface area is 203 Å². The molecular formula is C27H37BN2O4. The minimum atomic E-state index is -0.545. The summed E-state index contributed by atoms with van der Waals surface area (Å²) in [5.74, 6) is -0.525. The van der Waals surface area contributed by atoms with Crippen LogP contribution in [0.3, 0.4) is 0 Å². The maximum Gasteiger partial charge on any atom is 0.481 e. The summed E-state index contributed by atoms with van der Waals surface area (Å²) in [5, 5.41) is 5.79. The highest BCUT2D eigenvalue weighted by molar-refractivity contribution is 6.48.